The van der Waals surface area contributed by atoms with E-state index in [-0.39, 0.29) is 50.1 Å². The van der Waals surface area contributed by atoms with Gasteiger partial charge in [-0.3, -0.25) is 14.4 Å². The number of ether oxygens (including phenoxy) is 2. The average Bonchev–Trinajstić information content (AvgIpc) is 2.96. The van der Waals surface area contributed by atoms with E-state index in [0.29, 0.717) is 35.9 Å². The van der Waals surface area contributed by atoms with Crippen molar-refractivity contribution in [1.29, 1.82) is 0 Å². The summed E-state index contributed by atoms with van der Waals surface area (Å²) in [4.78, 5) is 36.0. The minimum Gasteiger partial charge on any atom is -0.491 e. The molecule has 222 valence electrons. The molecule has 41 heavy (non-hydrogen) atoms. The zero-order valence-corrected chi connectivity index (χ0v) is 24.3. The lowest BCUT2D eigenvalue weighted by Gasteiger charge is -2.16. The molecule has 0 radical (unpaired) electrons. The molecule has 2 aromatic rings. The molecule has 0 saturated heterocycles. The third kappa shape index (κ3) is 10.7. The van der Waals surface area contributed by atoms with Crippen molar-refractivity contribution in [3.8, 4) is 11.5 Å². The maximum atomic E-state index is 12.6. The van der Waals surface area contributed by atoms with Crippen LogP contribution in [0.5, 0.6) is 11.5 Å². The van der Waals surface area contributed by atoms with Gasteiger partial charge in [-0.25, -0.2) is 5.43 Å². The molecule has 11 nitrogen and oxygen atoms in total. The first kappa shape index (κ1) is 31.9. The highest BCUT2D eigenvalue weighted by Crippen LogP contribution is 2.26. The summed E-state index contributed by atoms with van der Waals surface area (Å²) in [6, 6.07) is 12.6. The fourth-order valence-electron chi connectivity index (χ4n) is 3.84. The minimum absolute atomic E-state index is 0.125. The van der Waals surface area contributed by atoms with Crippen LogP contribution in [0.2, 0.25) is 5.02 Å². The first-order chi connectivity index (χ1) is 19.6. The van der Waals surface area contributed by atoms with E-state index in [1.54, 1.807) is 37.3 Å². The van der Waals surface area contributed by atoms with Gasteiger partial charge in [0.05, 0.1) is 16.7 Å². The summed E-state index contributed by atoms with van der Waals surface area (Å²) in [7, 11) is 0. The van der Waals surface area contributed by atoms with Gasteiger partial charge in [-0.2, -0.15) is 5.10 Å². The zero-order chi connectivity index (χ0) is 29.8. The van der Waals surface area contributed by atoms with E-state index >= 15 is 0 Å². The molecular weight excluding hydrogens is 550 g/mol. The highest BCUT2D eigenvalue weighted by atomic mass is 35.5. The number of rotatable bonds is 15. The summed E-state index contributed by atoms with van der Waals surface area (Å²) in [6.45, 7) is 6.68. The number of aliphatic hydroxyl groups is 1. The van der Waals surface area contributed by atoms with Crippen LogP contribution in [0.15, 0.2) is 47.6 Å². The fraction of sp³-hybridized carbons (Fsp3) is 0.448. The van der Waals surface area contributed by atoms with Crippen LogP contribution in [0.3, 0.4) is 0 Å². The lowest BCUT2D eigenvalue weighted by atomic mass is 10.0. The third-order valence-electron chi connectivity index (χ3n) is 6.25. The van der Waals surface area contributed by atoms with Crippen molar-refractivity contribution < 1.29 is 29.0 Å². The summed E-state index contributed by atoms with van der Waals surface area (Å²) in [6.07, 6.45) is 0.262. The average molecular weight is 588 g/mol. The van der Waals surface area contributed by atoms with Gasteiger partial charge in [-0.15, -0.1) is 0 Å². The molecule has 5 N–H and O–H groups in total. The number of amides is 3. The lowest BCUT2D eigenvalue weighted by molar-refractivity contribution is -0.124. The van der Waals surface area contributed by atoms with Crippen molar-refractivity contribution in [2.24, 2.45) is 5.10 Å². The number of hydrazone groups is 1. The number of carbonyl (C=O) groups excluding carboxylic acids is 3. The van der Waals surface area contributed by atoms with Crippen LogP contribution in [-0.4, -0.2) is 73.5 Å². The Hall–Kier alpha value is -3.67. The van der Waals surface area contributed by atoms with Crippen molar-refractivity contribution in [2.45, 2.75) is 51.7 Å². The number of nitrogens with zero attached hydrogens (tertiary/aromatic N) is 1. The van der Waals surface area contributed by atoms with Crippen molar-refractivity contribution in [1.82, 2.24) is 21.4 Å². The predicted octanol–water partition coefficient (Wildman–Crippen LogP) is 2.11. The molecule has 0 aromatic heterocycles. The molecule has 1 heterocycles. The molecule has 1 aliphatic rings. The number of carbonyl (C=O) groups is 3. The second kappa shape index (κ2) is 15.9. The first-order valence-electron chi connectivity index (χ1n) is 13.6. The van der Waals surface area contributed by atoms with Gasteiger partial charge < -0.3 is 30.5 Å². The monoisotopic (exact) mass is 587 g/mol. The standard InChI is InChI=1S/C29H38ClN5O6/c1-18(2)33-15-22(36)16-40-23-7-4-20(5-8-23)19(3)29(39)32-13-12-31-28(38)17-41-26-10-6-21(14-24(26)30)25-9-11-27(37)35-34-25/h4-8,10,14,18-19,22,33,36H,9,11-13,15-17H2,1-3H3,(H,31,38)(H,32,39)(H,35,37)/t19?,22-/m0/s1. The van der Waals surface area contributed by atoms with E-state index in [4.69, 9.17) is 21.1 Å². The van der Waals surface area contributed by atoms with Crippen LogP contribution in [-0.2, 0) is 14.4 Å². The smallest absolute Gasteiger partial charge is 0.258 e. The number of hydrogen-bond donors (Lipinski definition) is 5. The van der Waals surface area contributed by atoms with Crippen LogP contribution in [0, 0.1) is 0 Å². The van der Waals surface area contributed by atoms with Gasteiger partial charge in [0, 0.05) is 38.5 Å². The molecule has 3 amide bonds. The minimum atomic E-state index is -0.618. The fourth-order valence-corrected chi connectivity index (χ4v) is 4.08. The van der Waals surface area contributed by atoms with Crippen molar-refractivity contribution in [3.63, 3.8) is 0 Å². The first-order valence-corrected chi connectivity index (χ1v) is 14.0. The molecule has 0 saturated carbocycles. The topological polar surface area (TPSA) is 150 Å². The normalized spacial score (nSPS) is 14.5. The molecule has 2 aromatic carbocycles. The lowest BCUT2D eigenvalue weighted by Crippen LogP contribution is -2.38. The number of nitrogens with one attached hydrogen (secondary N) is 4. The predicted molar refractivity (Wildman–Crippen MR) is 156 cm³/mol. The van der Waals surface area contributed by atoms with Crippen LogP contribution in [0.1, 0.15) is 50.7 Å². The summed E-state index contributed by atoms with van der Waals surface area (Å²) in [5.41, 5.74) is 4.76. The molecule has 0 spiro atoms. The number of benzene rings is 2. The van der Waals surface area contributed by atoms with E-state index in [9.17, 15) is 19.5 Å². The second-order valence-electron chi connectivity index (χ2n) is 9.99. The molecular formula is C29H38ClN5O6. The Morgan fingerprint density at radius 3 is 2.44 bits per heavy atom. The van der Waals surface area contributed by atoms with Crippen LogP contribution in [0.25, 0.3) is 0 Å². The summed E-state index contributed by atoms with van der Waals surface area (Å²) >= 11 is 6.29. The SMILES string of the molecule is CC(C)NC[C@H](O)COc1ccc(C(C)C(=O)NCCNC(=O)COc2ccc(C3=NNC(=O)CC3)cc2Cl)cc1. The van der Waals surface area contributed by atoms with Crippen LogP contribution < -0.4 is 30.8 Å². The van der Waals surface area contributed by atoms with Crippen LogP contribution in [0.4, 0.5) is 0 Å². The highest BCUT2D eigenvalue weighted by Gasteiger charge is 2.17. The van der Waals surface area contributed by atoms with E-state index in [1.165, 1.54) is 0 Å². The van der Waals surface area contributed by atoms with E-state index in [1.807, 2.05) is 26.0 Å². The van der Waals surface area contributed by atoms with Crippen LogP contribution >= 0.6 is 11.6 Å². The van der Waals surface area contributed by atoms with Gasteiger partial charge >= 0.3 is 0 Å². The molecule has 0 fully saturated rings. The van der Waals surface area contributed by atoms with Crippen molar-refractivity contribution in [3.05, 3.63) is 58.6 Å². The Kier molecular flexibility index (Phi) is 12.4. The highest BCUT2D eigenvalue weighted by molar-refractivity contribution is 6.32. The molecule has 0 bridgehead atoms. The summed E-state index contributed by atoms with van der Waals surface area (Å²) in [5, 5.41) is 23.0. The quantitative estimate of drug-likeness (QED) is 0.200. The Labute approximate surface area is 245 Å². The van der Waals surface area contributed by atoms with Crippen molar-refractivity contribution in [2.75, 3.05) is 32.8 Å². The Morgan fingerprint density at radius 2 is 1.78 bits per heavy atom. The molecule has 12 heteroatoms. The zero-order valence-electron chi connectivity index (χ0n) is 23.5. The molecule has 3 rings (SSSR count). The number of aliphatic hydroxyl groups excluding tert-OH is 1. The van der Waals surface area contributed by atoms with Crippen molar-refractivity contribution >= 4 is 35.0 Å². The third-order valence-corrected chi connectivity index (χ3v) is 6.55. The maximum absolute atomic E-state index is 12.6. The van der Waals surface area contributed by atoms with Gasteiger partial charge in [0.25, 0.3) is 5.91 Å². The van der Waals surface area contributed by atoms with E-state index < -0.39 is 12.0 Å². The van der Waals surface area contributed by atoms with Gasteiger partial charge in [-0.05, 0) is 48.4 Å². The molecule has 0 aliphatic carbocycles. The Balaban J connectivity index is 1.33. The molecule has 1 aliphatic heterocycles. The summed E-state index contributed by atoms with van der Waals surface area (Å²) in [5.74, 6) is -0.0878. The van der Waals surface area contributed by atoms with E-state index in [0.717, 1.165) is 16.8 Å². The second-order valence-corrected chi connectivity index (χ2v) is 10.4. The maximum Gasteiger partial charge on any atom is 0.258 e. The molecule has 1 unspecified atom stereocenters. The van der Waals surface area contributed by atoms with Gasteiger partial charge in [0.15, 0.2) is 6.61 Å². The molecule has 2 atom stereocenters. The van der Waals surface area contributed by atoms with Gasteiger partial charge in [0.1, 0.15) is 24.2 Å². The van der Waals surface area contributed by atoms with E-state index in [2.05, 4.69) is 26.5 Å². The number of halogens is 1. The largest absolute Gasteiger partial charge is 0.491 e. The summed E-state index contributed by atoms with van der Waals surface area (Å²) < 4.78 is 11.1. The number of hydrogen-bond acceptors (Lipinski definition) is 8. The Morgan fingerprint density at radius 1 is 1.05 bits per heavy atom. The van der Waals surface area contributed by atoms with Gasteiger partial charge in [0.2, 0.25) is 11.8 Å². The van der Waals surface area contributed by atoms with Gasteiger partial charge in [-0.1, -0.05) is 37.6 Å². The Bertz CT molecular complexity index is 1220.